The quantitative estimate of drug-likeness (QED) is 0.590. The molecule has 2 aromatic heterocycles. The number of hydrogen-bond acceptors (Lipinski definition) is 5. The van der Waals surface area contributed by atoms with E-state index >= 15 is 0 Å². The molecule has 0 aliphatic rings. The van der Waals surface area contributed by atoms with Crippen LogP contribution in [0, 0.1) is 0 Å². The average molecular weight is 363 g/mol. The van der Waals surface area contributed by atoms with Crippen LogP contribution in [-0.4, -0.2) is 25.7 Å². The smallest absolute Gasteiger partial charge is 0.251 e. The van der Waals surface area contributed by atoms with Crippen molar-refractivity contribution in [1.29, 1.82) is 0 Å². The predicted octanol–water partition coefficient (Wildman–Crippen LogP) is 3.35. The van der Waals surface area contributed by atoms with Gasteiger partial charge in [-0.3, -0.25) is 4.79 Å². The summed E-state index contributed by atoms with van der Waals surface area (Å²) in [6, 6.07) is 17.2. The first-order valence-corrected chi connectivity index (χ1v) is 9.20. The Morgan fingerprint density at radius 1 is 1.08 bits per heavy atom. The van der Waals surface area contributed by atoms with E-state index in [2.05, 4.69) is 20.6 Å². The van der Waals surface area contributed by atoms with E-state index < -0.39 is 0 Å². The highest BCUT2D eigenvalue weighted by Crippen LogP contribution is 2.25. The lowest BCUT2D eigenvalue weighted by molar-refractivity contribution is 0.0951. The molecule has 2 heterocycles. The molecule has 6 nitrogen and oxygen atoms in total. The van der Waals surface area contributed by atoms with Gasteiger partial charge < -0.3 is 5.32 Å². The van der Waals surface area contributed by atoms with E-state index in [0.717, 1.165) is 33.3 Å². The van der Waals surface area contributed by atoms with Gasteiger partial charge in [0.05, 0.1) is 0 Å². The molecule has 130 valence electrons. The molecule has 0 aliphatic carbocycles. The Kier molecular flexibility index (Phi) is 4.45. The van der Waals surface area contributed by atoms with Gasteiger partial charge in [0.25, 0.3) is 5.91 Å². The zero-order valence-electron chi connectivity index (χ0n) is 14.2. The van der Waals surface area contributed by atoms with Crippen LogP contribution in [0.15, 0.2) is 54.6 Å². The Morgan fingerprint density at radius 2 is 1.85 bits per heavy atom. The molecule has 0 saturated heterocycles. The fourth-order valence-corrected chi connectivity index (χ4v) is 3.50. The van der Waals surface area contributed by atoms with Gasteiger partial charge in [-0.15, -0.1) is 10.2 Å². The zero-order chi connectivity index (χ0) is 17.9. The summed E-state index contributed by atoms with van der Waals surface area (Å²) >= 11 is 1.52. The first-order chi connectivity index (χ1) is 12.7. The van der Waals surface area contributed by atoms with Crippen molar-refractivity contribution in [1.82, 2.24) is 25.1 Å². The summed E-state index contributed by atoms with van der Waals surface area (Å²) in [6.07, 6.45) is 0.796. The van der Waals surface area contributed by atoms with E-state index in [0.29, 0.717) is 12.1 Å². The van der Waals surface area contributed by atoms with Crippen LogP contribution in [0.3, 0.4) is 0 Å². The Labute approximate surface area is 154 Å². The molecule has 0 aliphatic heterocycles. The topological polar surface area (TPSA) is 72.2 Å². The average Bonchev–Trinajstić information content (AvgIpc) is 3.28. The van der Waals surface area contributed by atoms with Crippen LogP contribution in [0.25, 0.3) is 15.5 Å². The van der Waals surface area contributed by atoms with Gasteiger partial charge in [-0.2, -0.15) is 9.61 Å². The summed E-state index contributed by atoms with van der Waals surface area (Å²) in [5.74, 6) is 0.790. The molecule has 1 N–H and O–H groups in total. The van der Waals surface area contributed by atoms with Crippen LogP contribution in [0.1, 0.15) is 28.7 Å². The van der Waals surface area contributed by atoms with Crippen molar-refractivity contribution in [3.05, 3.63) is 71.5 Å². The van der Waals surface area contributed by atoms with Crippen molar-refractivity contribution in [3.8, 4) is 10.6 Å². The number of benzene rings is 2. The van der Waals surface area contributed by atoms with Crippen molar-refractivity contribution in [3.63, 3.8) is 0 Å². The Hall–Kier alpha value is -3.06. The number of carbonyl (C=O) groups excluding carboxylic acids is 1. The van der Waals surface area contributed by atoms with E-state index in [-0.39, 0.29) is 5.91 Å². The summed E-state index contributed by atoms with van der Waals surface area (Å²) < 4.78 is 1.80. The molecule has 4 aromatic rings. The Morgan fingerprint density at radius 3 is 2.58 bits per heavy atom. The minimum absolute atomic E-state index is 0.0737. The lowest BCUT2D eigenvalue weighted by Crippen LogP contribution is -2.22. The van der Waals surface area contributed by atoms with Crippen LogP contribution in [-0.2, 0) is 13.0 Å². The fraction of sp³-hybridized carbons (Fsp3) is 0.158. The first-order valence-electron chi connectivity index (χ1n) is 8.38. The SMILES string of the molecule is CCc1nnc2sc(-c3ccc(CNC(=O)c4ccccc4)cc3)nn12. The number of rotatable bonds is 5. The van der Waals surface area contributed by atoms with E-state index in [1.165, 1.54) is 11.3 Å². The summed E-state index contributed by atoms with van der Waals surface area (Å²) in [7, 11) is 0. The van der Waals surface area contributed by atoms with E-state index in [4.69, 9.17) is 0 Å². The first kappa shape index (κ1) is 16.4. The highest BCUT2D eigenvalue weighted by molar-refractivity contribution is 7.19. The van der Waals surface area contributed by atoms with Crippen molar-refractivity contribution in [2.24, 2.45) is 0 Å². The number of nitrogens with zero attached hydrogens (tertiary/aromatic N) is 4. The van der Waals surface area contributed by atoms with Gasteiger partial charge in [-0.1, -0.05) is 60.7 Å². The molecule has 1 amide bonds. The predicted molar refractivity (Wildman–Crippen MR) is 101 cm³/mol. The van der Waals surface area contributed by atoms with Crippen LogP contribution in [0.2, 0.25) is 0 Å². The molecule has 4 rings (SSSR count). The normalized spacial score (nSPS) is 11.0. The minimum atomic E-state index is -0.0737. The molecule has 0 saturated carbocycles. The summed E-state index contributed by atoms with van der Waals surface area (Å²) in [5.41, 5.74) is 2.73. The molecule has 0 atom stereocenters. The maximum absolute atomic E-state index is 12.1. The second-order valence-electron chi connectivity index (χ2n) is 5.82. The number of amides is 1. The van der Waals surface area contributed by atoms with Gasteiger partial charge in [0, 0.05) is 24.1 Å². The lowest BCUT2D eigenvalue weighted by atomic mass is 10.1. The van der Waals surface area contributed by atoms with Gasteiger partial charge in [0.15, 0.2) is 5.82 Å². The van der Waals surface area contributed by atoms with Gasteiger partial charge in [0.2, 0.25) is 4.96 Å². The number of hydrogen-bond donors (Lipinski definition) is 1. The highest BCUT2D eigenvalue weighted by atomic mass is 32.1. The Balaban J connectivity index is 1.46. The largest absolute Gasteiger partial charge is 0.348 e. The molecule has 0 fully saturated rings. The monoisotopic (exact) mass is 363 g/mol. The van der Waals surface area contributed by atoms with Crippen LogP contribution >= 0.6 is 11.3 Å². The molecular formula is C19H17N5OS. The third-order valence-electron chi connectivity index (χ3n) is 4.06. The van der Waals surface area contributed by atoms with Crippen molar-refractivity contribution in [2.45, 2.75) is 19.9 Å². The van der Waals surface area contributed by atoms with Crippen molar-refractivity contribution >= 4 is 22.2 Å². The minimum Gasteiger partial charge on any atom is -0.348 e. The maximum atomic E-state index is 12.1. The van der Waals surface area contributed by atoms with Gasteiger partial charge in [-0.25, -0.2) is 0 Å². The highest BCUT2D eigenvalue weighted by Gasteiger charge is 2.12. The molecule has 2 aromatic carbocycles. The molecule has 0 unspecified atom stereocenters. The molecule has 26 heavy (non-hydrogen) atoms. The third-order valence-corrected chi connectivity index (χ3v) is 5.01. The van der Waals surface area contributed by atoms with Gasteiger partial charge in [0.1, 0.15) is 5.01 Å². The molecule has 0 radical (unpaired) electrons. The van der Waals surface area contributed by atoms with Crippen LogP contribution in [0.4, 0.5) is 0 Å². The second-order valence-corrected chi connectivity index (χ2v) is 6.77. The second kappa shape index (κ2) is 7.05. The summed E-state index contributed by atoms with van der Waals surface area (Å²) in [4.78, 5) is 12.9. The summed E-state index contributed by atoms with van der Waals surface area (Å²) in [5, 5.41) is 16.7. The van der Waals surface area contributed by atoms with Crippen LogP contribution in [0.5, 0.6) is 0 Å². The van der Waals surface area contributed by atoms with Crippen molar-refractivity contribution in [2.75, 3.05) is 0 Å². The van der Waals surface area contributed by atoms with Gasteiger partial charge in [-0.05, 0) is 17.7 Å². The van der Waals surface area contributed by atoms with Crippen molar-refractivity contribution < 1.29 is 4.79 Å². The fourth-order valence-electron chi connectivity index (χ4n) is 2.63. The van der Waals surface area contributed by atoms with E-state index in [1.807, 2.05) is 49.4 Å². The molecule has 0 bridgehead atoms. The number of fused-ring (bicyclic) bond motifs is 1. The molecular weight excluding hydrogens is 346 g/mol. The Bertz CT molecular complexity index is 1040. The van der Waals surface area contributed by atoms with E-state index in [1.54, 1.807) is 16.6 Å². The number of aromatic nitrogens is 4. The molecule has 0 spiro atoms. The standard InChI is InChI=1S/C19H17N5OS/c1-2-16-21-22-19-24(16)23-18(26-19)15-10-8-13(9-11-15)12-20-17(25)14-6-4-3-5-7-14/h3-11H,2,12H2,1H3,(H,20,25). The van der Waals surface area contributed by atoms with Gasteiger partial charge >= 0.3 is 0 Å². The number of carbonyl (C=O) groups is 1. The zero-order valence-corrected chi connectivity index (χ0v) is 15.0. The number of nitrogens with one attached hydrogen (secondary N) is 1. The number of aryl methyl sites for hydroxylation is 1. The molecule has 7 heteroatoms. The lowest BCUT2D eigenvalue weighted by Gasteiger charge is -2.06. The third kappa shape index (κ3) is 3.21. The summed E-state index contributed by atoms with van der Waals surface area (Å²) in [6.45, 7) is 2.52. The van der Waals surface area contributed by atoms with E-state index in [9.17, 15) is 4.79 Å². The maximum Gasteiger partial charge on any atom is 0.251 e. The van der Waals surface area contributed by atoms with Crippen LogP contribution < -0.4 is 5.32 Å².